The third-order valence-corrected chi connectivity index (χ3v) is 2.64. The average molecular weight is 336 g/mol. The molecule has 1 aromatic heterocycles. The van der Waals surface area contributed by atoms with Gasteiger partial charge in [0.2, 0.25) is 0 Å². The first kappa shape index (κ1) is 19.2. The Kier molecular flexibility index (Phi) is 5.95. The van der Waals surface area contributed by atoms with Crippen molar-refractivity contribution in [2.24, 2.45) is 0 Å². The summed E-state index contributed by atoms with van der Waals surface area (Å²) < 4.78 is 42.1. The lowest BCUT2D eigenvalue weighted by Crippen LogP contribution is -2.38. The Labute approximate surface area is 131 Å². The Bertz CT molecular complexity index is 526. The van der Waals surface area contributed by atoms with E-state index < -0.39 is 35.8 Å². The van der Waals surface area contributed by atoms with Crippen LogP contribution in [-0.2, 0) is 10.9 Å². The molecule has 6 nitrogen and oxygen atoms in total. The van der Waals surface area contributed by atoms with E-state index in [1.807, 2.05) is 0 Å². The van der Waals surface area contributed by atoms with Crippen molar-refractivity contribution in [2.75, 3.05) is 6.54 Å². The predicted octanol–water partition coefficient (Wildman–Crippen LogP) is 2.02. The van der Waals surface area contributed by atoms with Crippen LogP contribution >= 0.6 is 0 Å². The predicted molar refractivity (Wildman–Crippen MR) is 74.4 cm³/mol. The van der Waals surface area contributed by atoms with Gasteiger partial charge in [-0.3, -0.25) is 4.98 Å². The lowest BCUT2D eigenvalue weighted by Gasteiger charge is -2.22. The molecule has 0 fully saturated rings. The number of hydrogen-bond acceptors (Lipinski definition) is 5. The van der Waals surface area contributed by atoms with Gasteiger partial charge in [0, 0.05) is 18.3 Å². The molecule has 130 valence electrons. The smallest absolute Gasteiger partial charge is 0.433 e. The van der Waals surface area contributed by atoms with Crippen LogP contribution in [0.4, 0.5) is 18.0 Å². The summed E-state index contributed by atoms with van der Waals surface area (Å²) in [7, 11) is 0. The summed E-state index contributed by atoms with van der Waals surface area (Å²) in [5.41, 5.74) is -1.82. The maximum atomic E-state index is 12.4. The molecular weight excluding hydrogens is 317 g/mol. The quantitative estimate of drug-likeness (QED) is 0.782. The van der Waals surface area contributed by atoms with Crippen molar-refractivity contribution in [2.45, 2.75) is 44.8 Å². The van der Waals surface area contributed by atoms with Crippen LogP contribution in [0.25, 0.3) is 0 Å². The zero-order valence-corrected chi connectivity index (χ0v) is 12.9. The molecule has 9 heteroatoms. The fourth-order valence-corrected chi connectivity index (χ4v) is 1.58. The molecular formula is C14H19F3N2O4. The monoisotopic (exact) mass is 336 g/mol. The molecule has 0 radical (unpaired) electrons. The molecule has 3 N–H and O–H groups in total. The summed E-state index contributed by atoms with van der Waals surface area (Å²) in [6, 6.07) is 1.71. The first-order chi connectivity index (χ1) is 10.4. The third-order valence-electron chi connectivity index (χ3n) is 2.64. The van der Waals surface area contributed by atoms with Crippen molar-refractivity contribution in [3.05, 3.63) is 29.6 Å². The second-order valence-corrected chi connectivity index (χ2v) is 5.87. The van der Waals surface area contributed by atoms with E-state index >= 15 is 0 Å². The maximum Gasteiger partial charge on any atom is 0.433 e. The summed E-state index contributed by atoms with van der Waals surface area (Å²) in [5.74, 6) is 0. The fraction of sp³-hybridized carbons (Fsp3) is 0.571. The van der Waals surface area contributed by atoms with Crippen LogP contribution in [0, 0.1) is 0 Å². The van der Waals surface area contributed by atoms with Crippen molar-refractivity contribution >= 4 is 6.09 Å². The minimum atomic E-state index is -4.58. The standard InChI is InChI=1S/C14H19F3N2O4/c1-13(2,3)23-12(22)19-7-9(20)11(21)8-4-5-10(18-6-8)14(15,16)17/h4-6,9,11,20-21H,7H2,1-3H3,(H,19,22). The normalized spacial score (nSPS) is 15.0. The highest BCUT2D eigenvalue weighted by molar-refractivity contribution is 5.67. The molecule has 23 heavy (non-hydrogen) atoms. The molecule has 0 bridgehead atoms. The highest BCUT2D eigenvalue weighted by Crippen LogP contribution is 2.28. The number of alkyl halides is 3. The van der Waals surface area contributed by atoms with Crippen molar-refractivity contribution in [3.63, 3.8) is 0 Å². The first-order valence-corrected chi connectivity index (χ1v) is 6.76. The van der Waals surface area contributed by atoms with Crippen LogP contribution in [0.3, 0.4) is 0 Å². The van der Waals surface area contributed by atoms with E-state index in [-0.39, 0.29) is 12.1 Å². The molecule has 0 aromatic carbocycles. The third kappa shape index (κ3) is 6.41. The van der Waals surface area contributed by atoms with E-state index in [4.69, 9.17) is 4.74 Å². The highest BCUT2D eigenvalue weighted by atomic mass is 19.4. The second kappa shape index (κ2) is 7.14. The van der Waals surface area contributed by atoms with Gasteiger partial charge in [-0.2, -0.15) is 13.2 Å². The van der Waals surface area contributed by atoms with Crippen LogP contribution in [0.15, 0.2) is 18.3 Å². The van der Waals surface area contributed by atoms with Crippen LogP contribution in [-0.4, -0.2) is 39.5 Å². The topological polar surface area (TPSA) is 91.7 Å². The van der Waals surface area contributed by atoms with Crippen molar-refractivity contribution in [3.8, 4) is 0 Å². The number of rotatable bonds is 4. The molecule has 1 aromatic rings. The lowest BCUT2D eigenvalue weighted by atomic mass is 10.1. The minimum Gasteiger partial charge on any atom is -0.444 e. The minimum absolute atomic E-state index is 0.00325. The molecule has 1 rings (SSSR count). The Hall–Kier alpha value is -1.87. The molecule has 0 aliphatic heterocycles. The molecule has 2 atom stereocenters. The summed E-state index contributed by atoms with van der Waals surface area (Å²) in [6.45, 7) is 4.64. The van der Waals surface area contributed by atoms with Crippen molar-refractivity contribution in [1.82, 2.24) is 10.3 Å². The zero-order valence-electron chi connectivity index (χ0n) is 12.9. The van der Waals surface area contributed by atoms with Crippen LogP contribution < -0.4 is 5.32 Å². The SMILES string of the molecule is CC(C)(C)OC(=O)NCC(O)C(O)c1ccc(C(F)(F)F)nc1. The van der Waals surface area contributed by atoms with E-state index in [1.165, 1.54) is 0 Å². The molecule has 1 amide bonds. The number of nitrogens with zero attached hydrogens (tertiary/aromatic N) is 1. The number of aliphatic hydroxyl groups is 2. The van der Waals surface area contributed by atoms with Gasteiger partial charge in [0.05, 0.1) is 0 Å². The van der Waals surface area contributed by atoms with Crippen LogP contribution in [0.2, 0.25) is 0 Å². The number of pyridine rings is 1. The summed E-state index contributed by atoms with van der Waals surface area (Å²) in [4.78, 5) is 14.6. The summed E-state index contributed by atoms with van der Waals surface area (Å²) >= 11 is 0. The summed E-state index contributed by atoms with van der Waals surface area (Å²) in [5, 5.41) is 21.9. The molecule has 0 aliphatic carbocycles. The number of carbonyl (C=O) groups excluding carboxylic acids is 1. The number of ether oxygens (including phenoxy) is 1. The van der Waals surface area contributed by atoms with E-state index in [1.54, 1.807) is 20.8 Å². The molecule has 0 aliphatic rings. The number of halogens is 3. The number of carbonyl (C=O) groups is 1. The Morgan fingerprint density at radius 2 is 1.91 bits per heavy atom. The average Bonchev–Trinajstić information content (AvgIpc) is 2.41. The van der Waals surface area contributed by atoms with Gasteiger partial charge in [0.15, 0.2) is 0 Å². The van der Waals surface area contributed by atoms with E-state index in [0.717, 1.165) is 12.3 Å². The molecule has 0 saturated heterocycles. The van der Waals surface area contributed by atoms with Gasteiger partial charge in [-0.15, -0.1) is 0 Å². The highest BCUT2D eigenvalue weighted by Gasteiger charge is 2.32. The zero-order chi connectivity index (χ0) is 17.8. The van der Waals surface area contributed by atoms with Crippen molar-refractivity contribution in [1.29, 1.82) is 0 Å². The number of aromatic nitrogens is 1. The molecule has 0 saturated carbocycles. The van der Waals surface area contributed by atoms with Crippen LogP contribution in [0.1, 0.15) is 38.1 Å². The number of nitrogens with one attached hydrogen (secondary N) is 1. The van der Waals surface area contributed by atoms with Gasteiger partial charge in [-0.05, 0) is 26.8 Å². The van der Waals surface area contributed by atoms with Crippen molar-refractivity contribution < 1.29 is 32.9 Å². The summed E-state index contributed by atoms with van der Waals surface area (Å²) in [6.07, 6.45) is -7.47. The second-order valence-electron chi connectivity index (χ2n) is 5.87. The van der Waals surface area contributed by atoms with E-state index in [9.17, 15) is 28.2 Å². The van der Waals surface area contributed by atoms with Gasteiger partial charge in [0.25, 0.3) is 0 Å². The number of alkyl carbamates (subject to hydrolysis) is 1. The van der Waals surface area contributed by atoms with E-state index in [0.29, 0.717) is 6.07 Å². The Morgan fingerprint density at radius 1 is 1.30 bits per heavy atom. The van der Waals surface area contributed by atoms with E-state index in [2.05, 4.69) is 10.3 Å². The van der Waals surface area contributed by atoms with Gasteiger partial charge in [-0.1, -0.05) is 6.07 Å². The Balaban J connectivity index is 2.60. The molecule has 2 unspecified atom stereocenters. The number of hydrogen-bond donors (Lipinski definition) is 3. The molecule has 1 heterocycles. The number of aliphatic hydroxyl groups excluding tert-OH is 2. The Morgan fingerprint density at radius 3 is 2.35 bits per heavy atom. The van der Waals surface area contributed by atoms with Gasteiger partial charge >= 0.3 is 12.3 Å². The number of amides is 1. The molecule has 0 spiro atoms. The van der Waals surface area contributed by atoms with Gasteiger partial charge < -0.3 is 20.3 Å². The van der Waals surface area contributed by atoms with Crippen LogP contribution in [0.5, 0.6) is 0 Å². The lowest BCUT2D eigenvalue weighted by molar-refractivity contribution is -0.141. The fourth-order valence-electron chi connectivity index (χ4n) is 1.58. The van der Waals surface area contributed by atoms with Gasteiger partial charge in [-0.25, -0.2) is 4.79 Å². The van der Waals surface area contributed by atoms with Gasteiger partial charge in [0.1, 0.15) is 23.5 Å². The largest absolute Gasteiger partial charge is 0.444 e. The maximum absolute atomic E-state index is 12.4. The first-order valence-electron chi connectivity index (χ1n) is 6.76.